The van der Waals surface area contributed by atoms with E-state index in [1.807, 2.05) is 11.8 Å². The van der Waals surface area contributed by atoms with Crippen LogP contribution in [0.3, 0.4) is 0 Å². The fourth-order valence-electron chi connectivity index (χ4n) is 2.17. The van der Waals surface area contributed by atoms with Crippen LogP contribution in [0.2, 0.25) is 0 Å². The van der Waals surface area contributed by atoms with Gasteiger partial charge >= 0.3 is 0 Å². The summed E-state index contributed by atoms with van der Waals surface area (Å²) >= 11 is 2.02. The van der Waals surface area contributed by atoms with Crippen LogP contribution in [0.5, 0.6) is 0 Å². The van der Waals surface area contributed by atoms with E-state index in [0.29, 0.717) is 6.04 Å². The van der Waals surface area contributed by atoms with E-state index in [2.05, 4.69) is 50.4 Å². The molecule has 0 bridgehead atoms. The van der Waals surface area contributed by atoms with Crippen molar-refractivity contribution < 1.29 is 0 Å². The molecular weight excluding hydrogens is 250 g/mol. The van der Waals surface area contributed by atoms with Gasteiger partial charge in [-0.2, -0.15) is 11.8 Å². The van der Waals surface area contributed by atoms with Gasteiger partial charge in [0.1, 0.15) is 0 Å². The Balaban J connectivity index is 2.02. The highest BCUT2D eigenvalue weighted by Gasteiger charge is 2.00. The molecule has 1 N–H and O–H groups in total. The third-order valence-corrected chi connectivity index (χ3v) is 4.36. The minimum atomic E-state index is 0.672. The van der Waals surface area contributed by atoms with E-state index in [1.165, 1.54) is 42.6 Å². The fraction of sp³-hybridized carbons (Fsp3) is 0.647. The third kappa shape index (κ3) is 8.33. The number of benzene rings is 1. The molecule has 0 aliphatic heterocycles. The molecule has 0 fully saturated rings. The highest BCUT2D eigenvalue weighted by molar-refractivity contribution is 7.98. The molecule has 108 valence electrons. The maximum atomic E-state index is 3.62. The molecule has 1 aromatic rings. The molecule has 0 heterocycles. The van der Waals surface area contributed by atoms with Crippen LogP contribution in [0, 0.1) is 6.92 Å². The van der Waals surface area contributed by atoms with Gasteiger partial charge in [-0.3, -0.25) is 0 Å². The Morgan fingerprint density at radius 1 is 1.26 bits per heavy atom. The zero-order chi connectivity index (χ0) is 13.9. The second-order valence-corrected chi connectivity index (χ2v) is 6.50. The molecule has 1 rings (SSSR count). The highest BCUT2D eigenvalue weighted by Crippen LogP contribution is 2.13. The normalized spacial score (nSPS) is 12.6. The topological polar surface area (TPSA) is 12.0 Å². The van der Waals surface area contributed by atoms with Crippen molar-refractivity contribution in [2.24, 2.45) is 0 Å². The average Bonchev–Trinajstić information content (AvgIpc) is 2.39. The Hall–Kier alpha value is -0.470. The van der Waals surface area contributed by atoms with Crippen LogP contribution < -0.4 is 5.32 Å². The van der Waals surface area contributed by atoms with E-state index in [1.54, 1.807) is 0 Å². The molecular formula is C17H29NS. The molecule has 0 aliphatic rings. The third-order valence-electron chi connectivity index (χ3n) is 3.33. The first-order valence-corrected chi connectivity index (χ1v) is 8.74. The predicted octanol–water partition coefficient (Wildman–Crippen LogP) is 4.79. The number of hydrogen-bond donors (Lipinski definition) is 1. The van der Waals surface area contributed by atoms with Crippen molar-refractivity contribution in [1.82, 2.24) is 5.32 Å². The lowest BCUT2D eigenvalue weighted by atomic mass is 10.1. The van der Waals surface area contributed by atoms with E-state index in [-0.39, 0.29) is 0 Å². The van der Waals surface area contributed by atoms with Crippen LogP contribution in [-0.2, 0) is 5.75 Å². The summed E-state index contributed by atoms with van der Waals surface area (Å²) in [5.74, 6) is 2.33. The average molecular weight is 279 g/mol. The number of aryl methyl sites for hydroxylation is 1. The molecule has 0 saturated heterocycles. The Labute approximate surface area is 123 Å². The van der Waals surface area contributed by atoms with Gasteiger partial charge in [-0.1, -0.05) is 56.0 Å². The minimum Gasteiger partial charge on any atom is -0.313 e. The summed E-state index contributed by atoms with van der Waals surface area (Å²) < 4.78 is 0. The predicted molar refractivity (Wildman–Crippen MR) is 88.9 cm³/mol. The SMILES string of the molecule is CCCCCC(C)NCCSCc1cccc(C)c1. The van der Waals surface area contributed by atoms with Crippen LogP contribution in [-0.4, -0.2) is 18.3 Å². The van der Waals surface area contributed by atoms with Gasteiger partial charge < -0.3 is 5.32 Å². The molecule has 2 heteroatoms. The van der Waals surface area contributed by atoms with Crippen molar-refractivity contribution in [3.63, 3.8) is 0 Å². The molecule has 0 saturated carbocycles. The summed E-state index contributed by atoms with van der Waals surface area (Å²) in [5, 5.41) is 3.62. The van der Waals surface area contributed by atoms with Gasteiger partial charge in [0.2, 0.25) is 0 Å². The molecule has 19 heavy (non-hydrogen) atoms. The molecule has 0 aliphatic carbocycles. The van der Waals surface area contributed by atoms with E-state index in [0.717, 1.165) is 12.3 Å². The summed E-state index contributed by atoms with van der Waals surface area (Å²) in [6.45, 7) is 7.86. The Morgan fingerprint density at radius 2 is 2.11 bits per heavy atom. The van der Waals surface area contributed by atoms with Gasteiger partial charge in [0, 0.05) is 24.1 Å². The van der Waals surface area contributed by atoms with E-state index >= 15 is 0 Å². The van der Waals surface area contributed by atoms with Crippen molar-refractivity contribution >= 4 is 11.8 Å². The van der Waals surface area contributed by atoms with Crippen LogP contribution in [0.15, 0.2) is 24.3 Å². The number of thioether (sulfide) groups is 1. The smallest absolute Gasteiger partial charge is 0.0185 e. The van der Waals surface area contributed by atoms with Crippen molar-refractivity contribution in [3.05, 3.63) is 35.4 Å². The fourth-order valence-corrected chi connectivity index (χ4v) is 2.99. The van der Waals surface area contributed by atoms with Crippen molar-refractivity contribution in [1.29, 1.82) is 0 Å². The number of rotatable bonds is 10. The van der Waals surface area contributed by atoms with E-state index in [9.17, 15) is 0 Å². The molecule has 0 amide bonds. The molecule has 0 aromatic heterocycles. The molecule has 0 radical (unpaired) electrons. The van der Waals surface area contributed by atoms with Gasteiger partial charge in [-0.25, -0.2) is 0 Å². The van der Waals surface area contributed by atoms with Crippen molar-refractivity contribution in [2.45, 2.75) is 58.2 Å². The molecule has 0 spiro atoms. The first-order chi connectivity index (χ1) is 9.22. The van der Waals surface area contributed by atoms with Crippen molar-refractivity contribution in [2.75, 3.05) is 12.3 Å². The number of hydrogen-bond acceptors (Lipinski definition) is 2. The minimum absolute atomic E-state index is 0.672. The van der Waals surface area contributed by atoms with E-state index in [4.69, 9.17) is 0 Å². The summed E-state index contributed by atoms with van der Waals surface area (Å²) in [6.07, 6.45) is 5.37. The standard InChI is InChI=1S/C17H29NS/c1-4-5-6-9-16(3)18-11-12-19-14-17-10-7-8-15(2)13-17/h7-8,10,13,16,18H,4-6,9,11-12,14H2,1-3H3. The van der Waals surface area contributed by atoms with Crippen molar-refractivity contribution in [3.8, 4) is 0 Å². The largest absolute Gasteiger partial charge is 0.313 e. The summed E-state index contributed by atoms with van der Waals surface area (Å²) in [7, 11) is 0. The molecule has 1 atom stereocenters. The maximum absolute atomic E-state index is 3.62. The van der Waals surface area contributed by atoms with Crippen LogP contribution in [0.1, 0.15) is 50.7 Å². The lowest BCUT2D eigenvalue weighted by Crippen LogP contribution is -2.28. The quantitative estimate of drug-likeness (QED) is 0.618. The number of nitrogens with one attached hydrogen (secondary N) is 1. The van der Waals surface area contributed by atoms with Crippen LogP contribution >= 0.6 is 11.8 Å². The Kier molecular flexibility index (Phi) is 9.02. The zero-order valence-electron chi connectivity index (χ0n) is 12.7. The summed E-state index contributed by atoms with van der Waals surface area (Å²) in [5.41, 5.74) is 2.81. The molecule has 1 nitrogen and oxygen atoms in total. The second kappa shape index (κ2) is 10.3. The van der Waals surface area contributed by atoms with E-state index < -0.39 is 0 Å². The highest BCUT2D eigenvalue weighted by atomic mass is 32.2. The van der Waals surface area contributed by atoms with Gasteiger partial charge in [0.05, 0.1) is 0 Å². The molecule has 1 aromatic carbocycles. The van der Waals surface area contributed by atoms with Crippen LogP contribution in [0.25, 0.3) is 0 Å². The lowest BCUT2D eigenvalue weighted by Gasteiger charge is -2.13. The van der Waals surface area contributed by atoms with Gasteiger partial charge in [-0.05, 0) is 25.8 Å². The first kappa shape index (κ1) is 16.6. The second-order valence-electron chi connectivity index (χ2n) is 5.39. The Bertz CT molecular complexity index is 338. The number of unbranched alkanes of at least 4 members (excludes halogenated alkanes) is 2. The van der Waals surface area contributed by atoms with Gasteiger partial charge in [0.15, 0.2) is 0 Å². The summed E-state index contributed by atoms with van der Waals surface area (Å²) in [6, 6.07) is 9.49. The summed E-state index contributed by atoms with van der Waals surface area (Å²) in [4.78, 5) is 0. The van der Waals surface area contributed by atoms with Gasteiger partial charge in [-0.15, -0.1) is 0 Å². The maximum Gasteiger partial charge on any atom is 0.0185 e. The first-order valence-electron chi connectivity index (χ1n) is 7.59. The Morgan fingerprint density at radius 3 is 2.84 bits per heavy atom. The molecule has 1 unspecified atom stereocenters. The zero-order valence-corrected chi connectivity index (χ0v) is 13.6. The monoisotopic (exact) mass is 279 g/mol. The van der Waals surface area contributed by atoms with Crippen LogP contribution in [0.4, 0.5) is 0 Å². The van der Waals surface area contributed by atoms with Gasteiger partial charge in [0.25, 0.3) is 0 Å². The lowest BCUT2D eigenvalue weighted by molar-refractivity contribution is 0.502.